The van der Waals surface area contributed by atoms with Crippen LogP contribution in [0.2, 0.25) is 0 Å². The minimum absolute atomic E-state index is 0.377. The molecule has 6 heteroatoms. The normalized spacial score (nSPS) is 10.5. The fourth-order valence-corrected chi connectivity index (χ4v) is 2.43. The first kappa shape index (κ1) is 10.3. The predicted molar refractivity (Wildman–Crippen MR) is 62.8 cm³/mol. The molecule has 1 aromatic carbocycles. The van der Waals surface area contributed by atoms with Crippen LogP contribution in [0.5, 0.6) is 0 Å². The van der Waals surface area contributed by atoms with Gasteiger partial charge in [-0.2, -0.15) is 0 Å². The zero-order valence-corrected chi connectivity index (χ0v) is 11.4. The molecule has 0 aliphatic rings. The van der Waals surface area contributed by atoms with E-state index in [9.17, 15) is 0 Å². The average Bonchev–Trinajstić information content (AvgIpc) is 2.51. The Kier molecular flexibility index (Phi) is 3.04. The van der Waals surface area contributed by atoms with E-state index in [0.717, 1.165) is 14.5 Å². The lowest BCUT2D eigenvalue weighted by Crippen LogP contribution is -1.80. The lowest BCUT2D eigenvalue weighted by atomic mass is 10.2. The van der Waals surface area contributed by atoms with Crippen LogP contribution in [0.4, 0.5) is 0 Å². The van der Waals surface area contributed by atoms with Crippen LogP contribution in [-0.2, 0) is 0 Å². The van der Waals surface area contributed by atoms with E-state index in [1.54, 1.807) is 0 Å². The van der Waals surface area contributed by atoms with Crippen molar-refractivity contribution in [3.8, 4) is 11.5 Å². The monoisotopic (exact) mass is 380 g/mol. The molecule has 0 N–H and O–H groups in total. The van der Waals surface area contributed by atoms with E-state index in [0.29, 0.717) is 10.7 Å². The van der Waals surface area contributed by atoms with E-state index in [1.165, 1.54) is 0 Å². The quantitative estimate of drug-likeness (QED) is 0.747. The van der Waals surface area contributed by atoms with Gasteiger partial charge in [0.15, 0.2) is 0 Å². The summed E-state index contributed by atoms with van der Waals surface area (Å²) in [6, 6.07) is 5.74. The maximum absolute atomic E-state index is 5.24. The number of rotatable bonds is 1. The van der Waals surface area contributed by atoms with Crippen LogP contribution in [-0.4, -0.2) is 10.2 Å². The summed E-state index contributed by atoms with van der Waals surface area (Å²) in [5.74, 6) is 0.483. The fraction of sp³-hybridized carbons (Fsp3) is 0. The molecule has 1 heterocycles. The second kappa shape index (κ2) is 4.12. The molecule has 0 spiro atoms. The van der Waals surface area contributed by atoms with Crippen LogP contribution >= 0.6 is 47.8 Å². The van der Waals surface area contributed by atoms with E-state index in [2.05, 4.69) is 58.0 Å². The van der Waals surface area contributed by atoms with Crippen LogP contribution in [0.15, 0.2) is 36.4 Å². The van der Waals surface area contributed by atoms with E-state index in [1.807, 2.05) is 18.2 Å². The second-order valence-electron chi connectivity index (χ2n) is 2.48. The van der Waals surface area contributed by atoms with Crippen molar-refractivity contribution in [1.82, 2.24) is 10.2 Å². The van der Waals surface area contributed by atoms with Crippen molar-refractivity contribution in [2.45, 2.75) is 0 Å². The predicted octanol–water partition coefficient (Wildman–Crippen LogP) is 4.02. The maximum Gasteiger partial charge on any atom is 0.285 e. The summed E-state index contributed by atoms with van der Waals surface area (Å²) in [6.07, 6.45) is 0. The number of aromatic nitrogens is 2. The standard InChI is InChI=1S/C8H3Br3N2O/c9-4-1-2-5(6(10)3-4)7-12-13-8(11)14-7/h1-3H. The Balaban J connectivity index is 2.52. The smallest absolute Gasteiger partial charge is 0.285 e. The molecular weight excluding hydrogens is 380 g/mol. The molecule has 0 atom stereocenters. The zero-order valence-electron chi connectivity index (χ0n) is 6.67. The third-order valence-corrected chi connectivity index (χ3v) is 3.03. The molecule has 0 radical (unpaired) electrons. The van der Waals surface area contributed by atoms with Crippen molar-refractivity contribution in [2.75, 3.05) is 0 Å². The van der Waals surface area contributed by atoms with E-state index in [-0.39, 0.29) is 0 Å². The van der Waals surface area contributed by atoms with Gasteiger partial charge in [0.1, 0.15) is 0 Å². The molecule has 72 valence electrons. The van der Waals surface area contributed by atoms with Gasteiger partial charge in [-0.3, -0.25) is 0 Å². The van der Waals surface area contributed by atoms with Gasteiger partial charge >= 0.3 is 0 Å². The molecule has 14 heavy (non-hydrogen) atoms. The van der Waals surface area contributed by atoms with Gasteiger partial charge in [0.2, 0.25) is 5.89 Å². The summed E-state index contributed by atoms with van der Waals surface area (Å²) in [5, 5.41) is 7.59. The Morgan fingerprint density at radius 3 is 2.43 bits per heavy atom. The van der Waals surface area contributed by atoms with Crippen molar-refractivity contribution in [3.63, 3.8) is 0 Å². The topological polar surface area (TPSA) is 38.9 Å². The van der Waals surface area contributed by atoms with Gasteiger partial charge in [-0.25, -0.2) is 0 Å². The number of hydrogen-bond acceptors (Lipinski definition) is 3. The van der Waals surface area contributed by atoms with Gasteiger partial charge in [0.05, 0.1) is 5.56 Å². The number of nitrogens with zero attached hydrogens (tertiary/aromatic N) is 2. The Labute approximate surface area is 105 Å². The molecule has 0 fully saturated rings. The Hall–Kier alpha value is -0.200. The molecule has 0 bridgehead atoms. The van der Waals surface area contributed by atoms with Gasteiger partial charge in [-0.1, -0.05) is 15.9 Å². The van der Waals surface area contributed by atoms with Crippen molar-refractivity contribution in [3.05, 3.63) is 31.9 Å². The summed E-state index contributed by atoms with van der Waals surface area (Å²) in [5.41, 5.74) is 0.867. The van der Waals surface area contributed by atoms with Gasteiger partial charge in [0.25, 0.3) is 4.80 Å². The first-order chi connectivity index (χ1) is 6.66. The lowest BCUT2D eigenvalue weighted by Gasteiger charge is -1.98. The summed E-state index contributed by atoms with van der Waals surface area (Å²) >= 11 is 9.89. The van der Waals surface area contributed by atoms with Crippen LogP contribution in [0.1, 0.15) is 0 Å². The highest BCUT2D eigenvalue weighted by atomic mass is 79.9. The van der Waals surface area contributed by atoms with Gasteiger partial charge < -0.3 is 4.42 Å². The van der Waals surface area contributed by atoms with Crippen molar-refractivity contribution in [1.29, 1.82) is 0 Å². The lowest BCUT2D eigenvalue weighted by molar-refractivity contribution is 0.540. The van der Waals surface area contributed by atoms with Crippen LogP contribution < -0.4 is 0 Å². The zero-order chi connectivity index (χ0) is 10.1. The van der Waals surface area contributed by atoms with Crippen LogP contribution in [0, 0.1) is 0 Å². The van der Waals surface area contributed by atoms with Gasteiger partial charge in [-0.15, -0.1) is 10.2 Å². The average molecular weight is 383 g/mol. The molecule has 0 saturated heterocycles. The molecule has 2 rings (SSSR count). The summed E-state index contributed by atoms with van der Waals surface area (Å²) < 4.78 is 7.14. The van der Waals surface area contributed by atoms with Crippen LogP contribution in [0.3, 0.4) is 0 Å². The largest absolute Gasteiger partial charge is 0.411 e. The third-order valence-electron chi connectivity index (χ3n) is 1.56. The first-order valence-electron chi connectivity index (χ1n) is 3.61. The van der Waals surface area contributed by atoms with E-state index < -0.39 is 0 Å². The van der Waals surface area contributed by atoms with E-state index in [4.69, 9.17) is 4.42 Å². The Morgan fingerprint density at radius 1 is 1.07 bits per heavy atom. The molecule has 0 unspecified atom stereocenters. The minimum Gasteiger partial charge on any atom is -0.411 e. The molecular formula is C8H3Br3N2O. The number of benzene rings is 1. The first-order valence-corrected chi connectivity index (χ1v) is 5.99. The highest BCUT2D eigenvalue weighted by Crippen LogP contribution is 2.30. The van der Waals surface area contributed by atoms with Crippen molar-refractivity contribution in [2.24, 2.45) is 0 Å². The summed E-state index contributed by atoms with van der Waals surface area (Å²) in [4.78, 5) is 0.377. The van der Waals surface area contributed by atoms with Gasteiger partial charge in [0, 0.05) is 24.9 Å². The molecule has 0 aliphatic carbocycles. The maximum atomic E-state index is 5.24. The Bertz CT molecular complexity index is 469. The van der Waals surface area contributed by atoms with E-state index >= 15 is 0 Å². The molecule has 0 amide bonds. The highest BCUT2D eigenvalue weighted by Gasteiger charge is 2.10. The number of hydrogen-bond donors (Lipinski definition) is 0. The molecule has 1 aromatic heterocycles. The fourth-order valence-electron chi connectivity index (χ4n) is 0.977. The molecule has 0 aliphatic heterocycles. The molecule has 3 nitrogen and oxygen atoms in total. The van der Waals surface area contributed by atoms with Crippen LogP contribution in [0.25, 0.3) is 11.5 Å². The van der Waals surface area contributed by atoms with Crippen molar-refractivity contribution < 1.29 is 4.42 Å². The molecule has 2 aromatic rings. The second-order valence-corrected chi connectivity index (χ2v) is 4.93. The minimum atomic E-state index is 0.377. The summed E-state index contributed by atoms with van der Waals surface area (Å²) in [6.45, 7) is 0. The number of halogens is 3. The third kappa shape index (κ3) is 2.07. The molecule has 0 saturated carbocycles. The van der Waals surface area contributed by atoms with Crippen molar-refractivity contribution >= 4 is 47.8 Å². The Morgan fingerprint density at radius 2 is 1.86 bits per heavy atom. The SMILES string of the molecule is Brc1ccc(-c2nnc(Br)o2)c(Br)c1. The highest BCUT2D eigenvalue weighted by molar-refractivity contribution is 9.11. The summed E-state index contributed by atoms with van der Waals surface area (Å²) in [7, 11) is 0. The van der Waals surface area contributed by atoms with Gasteiger partial charge in [-0.05, 0) is 34.1 Å².